The molecule has 2 rings (SSSR count). The third-order valence-electron chi connectivity index (χ3n) is 3.10. The van der Waals surface area contributed by atoms with E-state index in [2.05, 4.69) is 4.98 Å². The van der Waals surface area contributed by atoms with Gasteiger partial charge in [-0.15, -0.1) is 11.3 Å². The fourth-order valence-electron chi connectivity index (χ4n) is 2.07. The summed E-state index contributed by atoms with van der Waals surface area (Å²) in [5, 5.41) is 0.337. The van der Waals surface area contributed by atoms with Crippen molar-refractivity contribution >= 4 is 11.3 Å². The zero-order chi connectivity index (χ0) is 16.0. The molecule has 0 bridgehead atoms. The smallest absolute Gasteiger partial charge is 0.136 e. The molecule has 1 heterocycles. The maximum Gasteiger partial charge on any atom is 0.136 e. The van der Waals surface area contributed by atoms with Crippen LogP contribution in [0.25, 0.3) is 10.6 Å². The first kappa shape index (κ1) is 16.0. The van der Waals surface area contributed by atoms with Crippen molar-refractivity contribution in [3.05, 3.63) is 40.4 Å². The second-order valence-electron chi connectivity index (χ2n) is 6.77. The molecule has 0 radical (unpaired) electrons. The summed E-state index contributed by atoms with van der Waals surface area (Å²) in [6.45, 7) is 9.78. The number of hydrogen-bond donors (Lipinski definition) is 1. The maximum absolute atomic E-state index is 14.0. The Morgan fingerprint density at radius 2 is 1.57 bits per heavy atom. The van der Waals surface area contributed by atoms with Crippen molar-refractivity contribution in [2.75, 3.05) is 0 Å². The fraction of sp³-hybridized carbons (Fsp3) is 0.438. The van der Waals surface area contributed by atoms with Gasteiger partial charge in [-0.3, -0.25) is 0 Å². The zero-order valence-corrected chi connectivity index (χ0v) is 13.7. The number of rotatable bonds is 2. The Hall–Kier alpha value is -1.33. The van der Waals surface area contributed by atoms with E-state index in [4.69, 9.17) is 5.73 Å². The van der Waals surface area contributed by atoms with E-state index in [-0.39, 0.29) is 11.0 Å². The van der Waals surface area contributed by atoms with Crippen molar-refractivity contribution in [1.29, 1.82) is 0 Å². The molecule has 0 spiro atoms. The van der Waals surface area contributed by atoms with Gasteiger partial charge in [0, 0.05) is 15.8 Å². The van der Waals surface area contributed by atoms with Crippen molar-refractivity contribution < 1.29 is 8.78 Å². The monoisotopic (exact) mass is 310 g/mol. The Bertz CT molecular complexity index is 612. The minimum absolute atomic E-state index is 0.0801. The first-order valence-electron chi connectivity index (χ1n) is 6.77. The largest absolute Gasteiger partial charge is 0.321 e. The van der Waals surface area contributed by atoms with Crippen LogP contribution in [0.5, 0.6) is 0 Å². The molecule has 2 N–H and O–H groups in total. The van der Waals surface area contributed by atoms with E-state index in [1.807, 2.05) is 34.6 Å². The molecule has 114 valence electrons. The maximum atomic E-state index is 14.0. The Morgan fingerprint density at radius 1 is 1.05 bits per heavy atom. The van der Waals surface area contributed by atoms with Crippen LogP contribution in [0, 0.1) is 11.6 Å². The highest BCUT2D eigenvalue weighted by atomic mass is 32.1. The number of aromatic nitrogens is 1. The molecule has 2 aromatic rings. The van der Waals surface area contributed by atoms with Gasteiger partial charge in [0.25, 0.3) is 0 Å². The minimum atomic E-state index is -0.611. The molecule has 0 atom stereocenters. The van der Waals surface area contributed by atoms with Crippen molar-refractivity contribution in [1.82, 2.24) is 4.98 Å². The van der Waals surface area contributed by atoms with Gasteiger partial charge < -0.3 is 5.73 Å². The van der Waals surface area contributed by atoms with Gasteiger partial charge in [0.05, 0.1) is 11.3 Å². The highest BCUT2D eigenvalue weighted by molar-refractivity contribution is 7.15. The fourth-order valence-corrected chi connectivity index (χ4v) is 3.41. The SMILES string of the molecule is CC(C)(C)c1nc(-c2c(F)cccc2F)sc1C(C)(C)N. The number of benzene rings is 1. The molecular weight excluding hydrogens is 290 g/mol. The normalized spacial score (nSPS) is 12.8. The lowest BCUT2D eigenvalue weighted by atomic mass is 9.87. The van der Waals surface area contributed by atoms with Crippen molar-refractivity contribution in [3.63, 3.8) is 0 Å². The van der Waals surface area contributed by atoms with Crippen LogP contribution in [0.3, 0.4) is 0 Å². The van der Waals surface area contributed by atoms with E-state index in [0.29, 0.717) is 5.01 Å². The first-order valence-corrected chi connectivity index (χ1v) is 7.58. The highest BCUT2D eigenvalue weighted by Crippen LogP contribution is 2.40. The molecule has 0 aliphatic heterocycles. The number of nitrogens with zero attached hydrogens (tertiary/aromatic N) is 1. The van der Waals surface area contributed by atoms with E-state index in [0.717, 1.165) is 10.6 Å². The molecule has 0 saturated heterocycles. The molecule has 1 aromatic carbocycles. The lowest BCUT2D eigenvalue weighted by molar-refractivity contribution is 0.512. The van der Waals surface area contributed by atoms with Crippen LogP contribution in [0.1, 0.15) is 45.2 Å². The number of thiazole rings is 1. The summed E-state index contributed by atoms with van der Waals surface area (Å²) in [5.74, 6) is -1.21. The van der Waals surface area contributed by atoms with Gasteiger partial charge in [-0.05, 0) is 26.0 Å². The minimum Gasteiger partial charge on any atom is -0.321 e. The molecule has 5 heteroatoms. The van der Waals surface area contributed by atoms with Crippen LogP contribution in [0.4, 0.5) is 8.78 Å². The Labute approximate surface area is 128 Å². The molecule has 0 aliphatic rings. The summed E-state index contributed by atoms with van der Waals surface area (Å²) >= 11 is 1.26. The zero-order valence-electron chi connectivity index (χ0n) is 12.9. The first-order chi connectivity index (χ1) is 9.51. The Morgan fingerprint density at radius 3 is 1.95 bits per heavy atom. The molecule has 0 saturated carbocycles. The van der Waals surface area contributed by atoms with Gasteiger partial charge in [0.1, 0.15) is 16.6 Å². The van der Waals surface area contributed by atoms with E-state index >= 15 is 0 Å². The van der Waals surface area contributed by atoms with Crippen molar-refractivity contribution in [3.8, 4) is 10.6 Å². The van der Waals surface area contributed by atoms with E-state index in [1.165, 1.54) is 29.5 Å². The molecule has 0 unspecified atom stereocenters. The van der Waals surface area contributed by atoms with Crippen LogP contribution in [-0.4, -0.2) is 4.98 Å². The van der Waals surface area contributed by atoms with Crippen molar-refractivity contribution in [2.24, 2.45) is 5.73 Å². The molecule has 0 amide bonds. The Balaban J connectivity index is 2.71. The second-order valence-corrected chi connectivity index (χ2v) is 7.76. The van der Waals surface area contributed by atoms with Gasteiger partial charge in [0.2, 0.25) is 0 Å². The van der Waals surface area contributed by atoms with Gasteiger partial charge in [-0.25, -0.2) is 13.8 Å². The molecule has 2 nitrogen and oxygen atoms in total. The summed E-state index contributed by atoms with van der Waals surface area (Å²) < 4.78 is 27.9. The van der Waals surface area contributed by atoms with Crippen LogP contribution < -0.4 is 5.73 Å². The third-order valence-corrected chi connectivity index (χ3v) is 4.51. The molecule has 0 aliphatic carbocycles. The molecule has 1 aromatic heterocycles. The van der Waals surface area contributed by atoms with Crippen LogP contribution in [0.15, 0.2) is 18.2 Å². The highest BCUT2D eigenvalue weighted by Gasteiger charge is 2.31. The molecule has 21 heavy (non-hydrogen) atoms. The standard InChI is InChI=1S/C16H20F2N2S/c1-15(2,3)12-13(16(4,5)19)21-14(20-12)11-9(17)7-6-8-10(11)18/h6-8H,19H2,1-5H3. The predicted octanol–water partition coefficient (Wildman–Crippen LogP) is 4.58. The summed E-state index contributed by atoms with van der Waals surface area (Å²) in [5.41, 5.74) is 6.06. The lowest BCUT2D eigenvalue weighted by Gasteiger charge is -2.24. The van der Waals surface area contributed by atoms with Crippen LogP contribution in [-0.2, 0) is 11.0 Å². The van der Waals surface area contributed by atoms with Gasteiger partial charge >= 0.3 is 0 Å². The lowest BCUT2D eigenvalue weighted by Crippen LogP contribution is -2.31. The summed E-state index contributed by atoms with van der Waals surface area (Å²) in [7, 11) is 0. The van der Waals surface area contributed by atoms with Crippen molar-refractivity contribution in [2.45, 2.75) is 45.6 Å². The molecule has 0 fully saturated rings. The summed E-state index contributed by atoms with van der Waals surface area (Å²) in [6.07, 6.45) is 0. The topological polar surface area (TPSA) is 38.9 Å². The average Bonchev–Trinajstić information content (AvgIpc) is 2.72. The number of halogens is 2. The van der Waals surface area contributed by atoms with E-state index < -0.39 is 17.2 Å². The van der Waals surface area contributed by atoms with E-state index in [9.17, 15) is 8.78 Å². The summed E-state index contributed by atoms with van der Waals surface area (Å²) in [4.78, 5) is 5.35. The van der Waals surface area contributed by atoms with Gasteiger partial charge in [0.15, 0.2) is 0 Å². The van der Waals surface area contributed by atoms with E-state index in [1.54, 1.807) is 0 Å². The number of nitrogens with two attached hydrogens (primary N) is 1. The summed E-state index contributed by atoms with van der Waals surface area (Å²) in [6, 6.07) is 3.83. The van der Waals surface area contributed by atoms with Gasteiger partial charge in [-0.1, -0.05) is 26.8 Å². The Kier molecular flexibility index (Phi) is 3.93. The molecular formula is C16H20F2N2S. The predicted molar refractivity (Wildman–Crippen MR) is 83.4 cm³/mol. The average molecular weight is 310 g/mol. The third kappa shape index (κ3) is 3.14. The second kappa shape index (κ2) is 5.14. The van der Waals surface area contributed by atoms with Gasteiger partial charge in [-0.2, -0.15) is 0 Å². The van der Waals surface area contributed by atoms with Crippen LogP contribution in [0.2, 0.25) is 0 Å². The number of hydrogen-bond acceptors (Lipinski definition) is 3. The quantitative estimate of drug-likeness (QED) is 0.882. The van der Waals surface area contributed by atoms with Crippen LogP contribution >= 0.6 is 11.3 Å².